The molecule has 1 amide bonds. The standard InChI is InChI=1S/C25H18F2N4O3/c26-16-3-1-15(2-4-16)19-12-31(13-21(24(19)33)30-14-32)17-5-6-23(20(27)11-17)34-22-8-10-29-25-18(22)7-9-28-25/h1-6,8,10-14H,7,9H2,(H,28,29)(H,30,32). The maximum atomic E-state index is 15.0. The van der Waals surface area contributed by atoms with Gasteiger partial charge in [-0.3, -0.25) is 9.59 Å². The van der Waals surface area contributed by atoms with Gasteiger partial charge in [-0.05, 0) is 42.3 Å². The van der Waals surface area contributed by atoms with Gasteiger partial charge < -0.3 is 19.9 Å². The molecular formula is C25H18F2N4O3. The van der Waals surface area contributed by atoms with Crippen molar-refractivity contribution in [2.24, 2.45) is 0 Å². The number of amides is 1. The zero-order valence-electron chi connectivity index (χ0n) is 17.7. The second kappa shape index (κ2) is 8.78. The number of nitrogens with one attached hydrogen (secondary N) is 2. The van der Waals surface area contributed by atoms with Crippen LogP contribution < -0.4 is 20.8 Å². The Morgan fingerprint density at radius 1 is 1.06 bits per heavy atom. The number of aromatic nitrogens is 2. The number of carbonyl (C=O) groups is 1. The van der Waals surface area contributed by atoms with Crippen LogP contribution in [0.2, 0.25) is 0 Å². The van der Waals surface area contributed by atoms with E-state index < -0.39 is 17.1 Å². The van der Waals surface area contributed by atoms with Gasteiger partial charge in [-0.25, -0.2) is 13.8 Å². The van der Waals surface area contributed by atoms with Crippen molar-refractivity contribution in [1.29, 1.82) is 0 Å². The lowest BCUT2D eigenvalue weighted by Crippen LogP contribution is -2.15. The summed E-state index contributed by atoms with van der Waals surface area (Å²) in [7, 11) is 0. The molecule has 0 bridgehead atoms. The third-order valence-electron chi connectivity index (χ3n) is 5.51. The summed E-state index contributed by atoms with van der Waals surface area (Å²) in [5, 5.41) is 5.52. The van der Waals surface area contributed by atoms with Crippen LogP contribution in [0, 0.1) is 11.6 Å². The fourth-order valence-corrected chi connectivity index (χ4v) is 3.85. The zero-order chi connectivity index (χ0) is 23.7. The molecule has 0 spiro atoms. The summed E-state index contributed by atoms with van der Waals surface area (Å²) in [6, 6.07) is 11.4. The highest BCUT2D eigenvalue weighted by Crippen LogP contribution is 2.34. The van der Waals surface area contributed by atoms with Crippen molar-refractivity contribution < 1.29 is 18.3 Å². The topological polar surface area (TPSA) is 85.2 Å². The van der Waals surface area contributed by atoms with Gasteiger partial charge in [-0.2, -0.15) is 0 Å². The molecule has 2 N–H and O–H groups in total. The number of halogens is 2. The third-order valence-corrected chi connectivity index (χ3v) is 5.51. The molecule has 9 heteroatoms. The molecule has 5 rings (SSSR count). The quantitative estimate of drug-likeness (QED) is 0.414. The molecule has 3 heterocycles. The van der Waals surface area contributed by atoms with E-state index in [-0.39, 0.29) is 17.0 Å². The number of anilines is 2. The number of hydrogen-bond donors (Lipinski definition) is 2. The van der Waals surface area contributed by atoms with Crippen LogP contribution in [0.25, 0.3) is 16.8 Å². The van der Waals surface area contributed by atoms with Crippen LogP contribution in [0.15, 0.2) is 71.9 Å². The van der Waals surface area contributed by atoms with Crippen LogP contribution in [-0.2, 0) is 11.2 Å². The second-order valence-corrected chi connectivity index (χ2v) is 7.62. The normalized spacial score (nSPS) is 12.1. The number of ether oxygens (including phenoxy) is 1. The van der Waals surface area contributed by atoms with Gasteiger partial charge in [0.2, 0.25) is 11.8 Å². The molecule has 2 aromatic heterocycles. The summed E-state index contributed by atoms with van der Waals surface area (Å²) in [6.07, 6.45) is 5.60. The lowest BCUT2D eigenvalue weighted by Gasteiger charge is -2.14. The SMILES string of the molecule is O=CNc1cn(-c2ccc(Oc3ccnc4c3CCN4)c(F)c2)cc(-c2ccc(F)cc2)c1=O. The first-order chi connectivity index (χ1) is 16.5. The molecule has 1 aliphatic rings. The average molecular weight is 460 g/mol. The minimum absolute atomic E-state index is 0.00240. The molecule has 0 radical (unpaired) electrons. The van der Waals surface area contributed by atoms with Crippen molar-refractivity contribution in [3.8, 4) is 28.3 Å². The maximum Gasteiger partial charge on any atom is 0.212 e. The molecule has 0 saturated carbocycles. The van der Waals surface area contributed by atoms with Crippen LogP contribution in [0.4, 0.5) is 20.3 Å². The molecule has 0 aliphatic carbocycles. The Morgan fingerprint density at radius 3 is 2.65 bits per heavy atom. The molecule has 170 valence electrons. The van der Waals surface area contributed by atoms with Crippen LogP contribution >= 0.6 is 0 Å². The van der Waals surface area contributed by atoms with E-state index in [1.807, 2.05) is 0 Å². The van der Waals surface area contributed by atoms with Crippen molar-refractivity contribution >= 4 is 17.9 Å². The first-order valence-corrected chi connectivity index (χ1v) is 10.5. The van der Waals surface area contributed by atoms with Crippen molar-refractivity contribution in [3.63, 3.8) is 0 Å². The van der Waals surface area contributed by atoms with Gasteiger partial charge in [0.15, 0.2) is 11.6 Å². The highest BCUT2D eigenvalue weighted by molar-refractivity contribution is 5.75. The first kappa shape index (κ1) is 21.3. The van der Waals surface area contributed by atoms with E-state index in [9.17, 15) is 14.0 Å². The van der Waals surface area contributed by atoms with Gasteiger partial charge in [0.05, 0.1) is 0 Å². The minimum atomic E-state index is -0.610. The number of hydrogen-bond acceptors (Lipinski definition) is 5. The molecule has 0 saturated heterocycles. The van der Waals surface area contributed by atoms with E-state index >= 15 is 4.39 Å². The number of carbonyl (C=O) groups excluding carboxylic acids is 1. The molecule has 0 atom stereocenters. The summed E-state index contributed by atoms with van der Waals surface area (Å²) < 4.78 is 35.7. The lowest BCUT2D eigenvalue weighted by molar-refractivity contribution is -0.105. The largest absolute Gasteiger partial charge is 0.454 e. The Balaban J connectivity index is 1.53. The summed E-state index contributed by atoms with van der Waals surface area (Å²) in [5.41, 5.74) is 1.50. The van der Waals surface area contributed by atoms with Gasteiger partial charge >= 0.3 is 0 Å². The van der Waals surface area contributed by atoms with Crippen molar-refractivity contribution in [2.45, 2.75) is 6.42 Å². The Bertz CT molecular complexity index is 1450. The summed E-state index contributed by atoms with van der Waals surface area (Å²) in [6.45, 7) is 0.740. The van der Waals surface area contributed by atoms with Gasteiger partial charge in [0.1, 0.15) is 23.1 Å². The van der Waals surface area contributed by atoms with Gasteiger partial charge in [-0.15, -0.1) is 0 Å². The molecule has 7 nitrogen and oxygen atoms in total. The fourth-order valence-electron chi connectivity index (χ4n) is 3.85. The Kier molecular flexibility index (Phi) is 5.51. The van der Waals surface area contributed by atoms with E-state index in [4.69, 9.17) is 4.74 Å². The smallest absolute Gasteiger partial charge is 0.212 e. The predicted molar refractivity (Wildman–Crippen MR) is 124 cm³/mol. The summed E-state index contributed by atoms with van der Waals surface area (Å²) in [4.78, 5) is 28.1. The van der Waals surface area contributed by atoms with E-state index in [0.29, 0.717) is 23.4 Å². The molecular weight excluding hydrogens is 442 g/mol. The highest BCUT2D eigenvalue weighted by Gasteiger charge is 2.18. The molecule has 1 aliphatic heterocycles. The van der Waals surface area contributed by atoms with Gasteiger partial charge in [0, 0.05) is 48.0 Å². The van der Waals surface area contributed by atoms with Crippen LogP contribution in [-0.4, -0.2) is 22.5 Å². The highest BCUT2D eigenvalue weighted by atomic mass is 19.1. The summed E-state index contributed by atoms with van der Waals surface area (Å²) >= 11 is 0. The number of nitrogens with zero attached hydrogens (tertiary/aromatic N) is 2. The third kappa shape index (κ3) is 3.99. The van der Waals surface area contributed by atoms with Gasteiger partial charge in [0.25, 0.3) is 0 Å². The predicted octanol–water partition coefficient (Wildman–Crippen LogP) is 4.51. The number of pyridine rings is 2. The Morgan fingerprint density at radius 2 is 1.88 bits per heavy atom. The number of rotatable bonds is 6. The van der Waals surface area contributed by atoms with Crippen LogP contribution in [0.3, 0.4) is 0 Å². The molecule has 34 heavy (non-hydrogen) atoms. The fraction of sp³-hybridized carbons (Fsp3) is 0.0800. The van der Waals surface area contributed by atoms with E-state index in [0.717, 1.165) is 24.3 Å². The van der Waals surface area contributed by atoms with E-state index in [2.05, 4.69) is 15.6 Å². The lowest BCUT2D eigenvalue weighted by atomic mass is 10.1. The van der Waals surface area contributed by atoms with Crippen LogP contribution in [0.5, 0.6) is 11.5 Å². The average Bonchev–Trinajstić information content (AvgIpc) is 3.32. The molecule has 0 unspecified atom stereocenters. The maximum absolute atomic E-state index is 15.0. The van der Waals surface area contributed by atoms with Gasteiger partial charge in [-0.1, -0.05) is 12.1 Å². The monoisotopic (exact) mass is 460 g/mol. The van der Waals surface area contributed by atoms with Crippen molar-refractivity contribution in [3.05, 3.63) is 94.5 Å². The summed E-state index contributed by atoms with van der Waals surface area (Å²) in [5.74, 6) is 0.239. The minimum Gasteiger partial charge on any atom is -0.454 e. The molecule has 4 aromatic rings. The number of fused-ring (bicyclic) bond motifs is 1. The van der Waals surface area contributed by atoms with Crippen LogP contribution in [0.1, 0.15) is 5.56 Å². The Hall–Kier alpha value is -4.53. The van der Waals surface area contributed by atoms with E-state index in [1.165, 1.54) is 53.4 Å². The van der Waals surface area contributed by atoms with E-state index in [1.54, 1.807) is 18.3 Å². The number of benzene rings is 2. The molecule has 2 aromatic carbocycles. The Labute approximate surface area is 192 Å². The second-order valence-electron chi connectivity index (χ2n) is 7.62. The first-order valence-electron chi connectivity index (χ1n) is 10.5. The zero-order valence-corrected chi connectivity index (χ0v) is 17.7. The molecule has 0 fully saturated rings. The van der Waals surface area contributed by atoms with Crippen molar-refractivity contribution in [2.75, 3.05) is 17.2 Å². The van der Waals surface area contributed by atoms with Crippen molar-refractivity contribution in [1.82, 2.24) is 9.55 Å².